The van der Waals surface area contributed by atoms with E-state index in [-0.39, 0.29) is 18.4 Å². The molecule has 24 heavy (non-hydrogen) atoms. The Labute approximate surface area is 145 Å². The van der Waals surface area contributed by atoms with Crippen LogP contribution in [0, 0.1) is 0 Å². The third-order valence-electron chi connectivity index (χ3n) is 3.93. The van der Waals surface area contributed by atoms with Crippen molar-refractivity contribution in [1.82, 2.24) is 0 Å². The van der Waals surface area contributed by atoms with Gasteiger partial charge in [-0.3, -0.25) is 14.5 Å². The summed E-state index contributed by atoms with van der Waals surface area (Å²) in [5.41, 5.74) is 0.267. The van der Waals surface area contributed by atoms with Gasteiger partial charge in [-0.2, -0.15) is 0 Å². The molecule has 0 fully saturated rings. The molecule has 0 aliphatic carbocycles. The van der Waals surface area contributed by atoms with Crippen LogP contribution in [0.4, 0.5) is 11.4 Å². The van der Waals surface area contributed by atoms with Gasteiger partial charge in [-0.05, 0) is 50.2 Å². The zero-order chi connectivity index (χ0) is 17.3. The van der Waals surface area contributed by atoms with Gasteiger partial charge >= 0.3 is 0 Å². The van der Waals surface area contributed by atoms with Gasteiger partial charge in [-0.25, -0.2) is 0 Å². The smallest absolute Gasteiger partial charge is 0.265 e. The highest BCUT2D eigenvalue weighted by atomic mass is 35.5. The highest BCUT2D eigenvalue weighted by Crippen LogP contribution is 2.36. The minimum Gasteiger partial charge on any atom is -0.484 e. The lowest BCUT2D eigenvalue weighted by Gasteiger charge is -2.41. The molecule has 0 unspecified atom stereocenters. The van der Waals surface area contributed by atoms with Gasteiger partial charge in [0.2, 0.25) is 5.91 Å². The average molecular weight is 345 g/mol. The van der Waals surface area contributed by atoms with Crippen LogP contribution in [0.5, 0.6) is 5.75 Å². The van der Waals surface area contributed by atoms with E-state index in [1.807, 2.05) is 12.1 Å². The zero-order valence-electron chi connectivity index (χ0n) is 13.4. The van der Waals surface area contributed by atoms with Crippen LogP contribution in [0.15, 0.2) is 48.5 Å². The minimum atomic E-state index is -1.01. The van der Waals surface area contributed by atoms with Gasteiger partial charge in [-0.1, -0.05) is 23.7 Å². The summed E-state index contributed by atoms with van der Waals surface area (Å²) in [6.07, 6.45) is 0. The van der Waals surface area contributed by atoms with Gasteiger partial charge < -0.3 is 10.1 Å². The van der Waals surface area contributed by atoms with Gasteiger partial charge in [-0.15, -0.1) is 0 Å². The second-order valence-electron chi connectivity index (χ2n) is 6.00. The van der Waals surface area contributed by atoms with Crippen molar-refractivity contribution in [2.24, 2.45) is 0 Å². The molecule has 0 saturated heterocycles. The summed E-state index contributed by atoms with van der Waals surface area (Å²) < 4.78 is 5.54. The van der Waals surface area contributed by atoms with E-state index >= 15 is 0 Å². The normalized spacial score (nSPS) is 15.5. The van der Waals surface area contributed by atoms with Gasteiger partial charge in [0, 0.05) is 5.02 Å². The summed E-state index contributed by atoms with van der Waals surface area (Å²) in [7, 11) is 0. The summed E-state index contributed by atoms with van der Waals surface area (Å²) in [6.45, 7) is 3.24. The number of amides is 2. The Morgan fingerprint density at radius 3 is 2.54 bits per heavy atom. The molecule has 1 heterocycles. The summed E-state index contributed by atoms with van der Waals surface area (Å²) in [4.78, 5) is 26.6. The largest absolute Gasteiger partial charge is 0.484 e. The van der Waals surface area contributed by atoms with E-state index < -0.39 is 5.54 Å². The van der Waals surface area contributed by atoms with E-state index in [0.29, 0.717) is 22.1 Å². The van der Waals surface area contributed by atoms with E-state index in [2.05, 4.69) is 5.32 Å². The van der Waals surface area contributed by atoms with E-state index in [1.54, 1.807) is 50.2 Å². The Hall–Kier alpha value is -2.53. The zero-order valence-corrected chi connectivity index (χ0v) is 14.1. The van der Waals surface area contributed by atoms with Crippen LogP contribution >= 0.6 is 11.6 Å². The number of nitrogens with zero attached hydrogens (tertiary/aromatic N) is 1. The molecule has 2 amide bonds. The predicted octanol–water partition coefficient (Wildman–Crippen LogP) is 3.48. The first-order chi connectivity index (χ1) is 11.4. The highest BCUT2D eigenvalue weighted by Gasteiger charge is 2.43. The lowest BCUT2D eigenvalue weighted by Crippen LogP contribution is -2.59. The van der Waals surface area contributed by atoms with E-state index in [4.69, 9.17) is 16.3 Å². The van der Waals surface area contributed by atoms with Crippen LogP contribution in [0.1, 0.15) is 13.8 Å². The van der Waals surface area contributed by atoms with Crippen LogP contribution in [0.25, 0.3) is 0 Å². The molecule has 0 spiro atoms. The first-order valence-electron chi connectivity index (χ1n) is 7.51. The molecular formula is C18H17ClN2O3. The molecule has 0 aromatic heterocycles. The maximum atomic E-state index is 12.8. The SMILES string of the molecule is CC1(C)C(=O)Nc2ccccc2N1C(=O)COc1ccc(Cl)cc1. The fraction of sp³-hybridized carbons (Fsp3) is 0.222. The Morgan fingerprint density at radius 2 is 1.83 bits per heavy atom. The van der Waals surface area contributed by atoms with Crippen LogP contribution < -0.4 is 15.0 Å². The van der Waals surface area contributed by atoms with Crippen LogP contribution in [0.3, 0.4) is 0 Å². The van der Waals surface area contributed by atoms with Crippen molar-refractivity contribution in [1.29, 1.82) is 0 Å². The average Bonchev–Trinajstić information content (AvgIpc) is 2.55. The maximum absolute atomic E-state index is 12.8. The highest BCUT2D eigenvalue weighted by molar-refractivity contribution is 6.30. The molecule has 1 aliphatic heterocycles. The number of fused-ring (bicyclic) bond motifs is 1. The Kier molecular flexibility index (Phi) is 4.20. The first-order valence-corrected chi connectivity index (χ1v) is 7.89. The third-order valence-corrected chi connectivity index (χ3v) is 4.19. The fourth-order valence-corrected chi connectivity index (χ4v) is 2.76. The molecule has 2 aromatic carbocycles. The van der Waals surface area contributed by atoms with Gasteiger partial charge in [0.25, 0.3) is 5.91 Å². The number of carbonyl (C=O) groups is 2. The molecule has 0 saturated carbocycles. The molecule has 5 nitrogen and oxygen atoms in total. The van der Waals surface area contributed by atoms with Crippen molar-refractivity contribution in [3.05, 3.63) is 53.6 Å². The van der Waals surface area contributed by atoms with Crippen molar-refractivity contribution in [2.45, 2.75) is 19.4 Å². The van der Waals surface area contributed by atoms with Gasteiger partial charge in [0.1, 0.15) is 11.3 Å². The molecular weight excluding hydrogens is 328 g/mol. The number of anilines is 2. The number of halogens is 1. The molecule has 124 valence electrons. The Morgan fingerprint density at radius 1 is 1.17 bits per heavy atom. The fourth-order valence-electron chi connectivity index (χ4n) is 2.64. The van der Waals surface area contributed by atoms with Gasteiger partial charge in [0.15, 0.2) is 6.61 Å². The topological polar surface area (TPSA) is 58.6 Å². The monoisotopic (exact) mass is 344 g/mol. The van der Waals surface area contributed by atoms with Crippen molar-refractivity contribution < 1.29 is 14.3 Å². The molecule has 2 aromatic rings. The summed E-state index contributed by atoms with van der Waals surface area (Å²) >= 11 is 5.83. The summed E-state index contributed by atoms with van der Waals surface area (Å²) in [5.74, 6) is 0.0126. The quantitative estimate of drug-likeness (QED) is 0.927. The summed E-state index contributed by atoms with van der Waals surface area (Å²) in [5, 5.41) is 3.42. The molecule has 0 atom stereocenters. The number of carbonyl (C=O) groups excluding carboxylic acids is 2. The molecule has 6 heteroatoms. The van der Waals surface area contributed by atoms with Crippen molar-refractivity contribution in [2.75, 3.05) is 16.8 Å². The summed E-state index contributed by atoms with van der Waals surface area (Å²) in [6, 6.07) is 14.0. The molecule has 1 aliphatic rings. The van der Waals surface area contributed by atoms with Crippen molar-refractivity contribution >= 4 is 34.8 Å². The maximum Gasteiger partial charge on any atom is 0.265 e. The predicted molar refractivity (Wildman–Crippen MR) is 93.6 cm³/mol. The van der Waals surface area contributed by atoms with E-state index in [0.717, 1.165) is 0 Å². The second-order valence-corrected chi connectivity index (χ2v) is 6.44. The van der Waals surface area contributed by atoms with Crippen molar-refractivity contribution in [3.63, 3.8) is 0 Å². The Bertz CT molecular complexity index is 787. The number of nitrogens with one attached hydrogen (secondary N) is 1. The molecule has 1 N–H and O–H groups in total. The van der Waals surface area contributed by atoms with Crippen molar-refractivity contribution in [3.8, 4) is 5.75 Å². The number of benzene rings is 2. The van der Waals surface area contributed by atoms with E-state index in [9.17, 15) is 9.59 Å². The number of hydrogen-bond acceptors (Lipinski definition) is 3. The second kappa shape index (κ2) is 6.17. The van der Waals surface area contributed by atoms with Crippen LogP contribution in [-0.4, -0.2) is 24.0 Å². The minimum absolute atomic E-state index is 0.174. The van der Waals surface area contributed by atoms with Crippen LogP contribution in [-0.2, 0) is 9.59 Å². The molecule has 0 bridgehead atoms. The standard InChI is InChI=1S/C18H17ClN2O3/c1-18(2)17(23)20-14-5-3-4-6-15(14)21(18)16(22)11-24-13-9-7-12(19)8-10-13/h3-10H,11H2,1-2H3,(H,20,23). The number of ether oxygens (including phenoxy) is 1. The number of hydrogen-bond donors (Lipinski definition) is 1. The lowest BCUT2D eigenvalue weighted by molar-refractivity contribution is -0.127. The number of rotatable bonds is 3. The molecule has 0 radical (unpaired) electrons. The Balaban J connectivity index is 1.84. The lowest BCUT2D eigenvalue weighted by atomic mass is 9.96. The number of para-hydroxylation sites is 2. The van der Waals surface area contributed by atoms with E-state index in [1.165, 1.54) is 4.90 Å². The van der Waals surface area contributed by atoms with Crippen LogP contribution in [0.2, 0.25) is 5.02 Å². The van der Waals surface area contributed by atoms with Gasteiger partial charge in [0.05, 0.1) is 11.4 Å². The first kappa shape index (κ1) is 16.3. The third kappa shape index (κ3) is 2.95. The molecule has 3 rings (SSSR count).